The average Bonchev–Trinajstić information content (AvgIpc) is 2.95. The molecule has 5 heteroatoms. The molecule has 122 valence electrons. The maximum Gasteiger partial charge on any atom is 0.319 e. The second-order valence-corrected chi connectivity index (χ2v) is 6.53. The van der Waals surface area contributed by atoms with Gasteiger partial charge in [0.25, 0.3) is 0 Å². The SMILES string of the molecule is CCC(CC)N1CCN(C)C2CN(C(=O)N(C)CC)CC21. The van der Waals surface area contributed by atoms with Crippen LogP contribution in [0.5, 0.6) is 0 Å². The lowest BCUT2D eigenvalue weighted by Gasteiger charge is -2.45. The van der Waals surface area contributed by atoms with Crippen LogP contribution in [-0.4, -0.2) is 90.6 Å². The summed E-state index contributed by atoms with van der Waals surface area (Å²) in [6, 6.07) is 1.84. The number of carbonyl (C=O) groups is 1. The molecule has 0 aromatic rings. The summed E-state index contributed by atoms with van der Waals surface area (Å²) in [6.45, 7) is 11.4. The Hall–Kier alpha value is -0.810. The van der Waals surface area contributed by atoms with E-state index in [1.807, 2.05) is 18.9 Å². The molecule has 0 bridgehead atoms. The smallest absolute Gasteiger partial charge is 0.319 e. The normalized spacial score (nSPS) is 27.2. The number of piperazine rings is 1. The lowest BCUT2D eigenvalue weighted by Crippen LogP contribution is -2.60. The second-order valence-electron chi connectivity index (χ2n) is 6.53. The van der Waals surface area contributed by atoms with Crippen molar-refractivity contribution < 1.29 is 4.79 Å². The maximum atomic E-state index is 12.5. The molecule has 2 aliphatic heterocycles. The van der Waals surface area contributed by atoms with Gasteiger partial charge in [0.1, 0.15) is 0 Å². The van der Waals surface area contributed by atoms with Crippen LogP contribution in [0.1, 0.15) is 33.6 Å². The van der Waals surface area contributed by atoms with Crippen molar-refractivity contribution in [1.82, 2.24) is 19.6 Å². The predicted octanol–water partition coefficient (Wildman–Crippen LogP) is 1.55. The van der Waals surface area contributed by atoms with E-state index in [9.17, 15) is 4.79 Å². The van der Waals surface area contributed by atoms with Crippen molar-refractivity contribution in [2.24, 2.45) is 0 Å². The van der Waals surface area contributed by atoms with Crippen LogP contribution in [0, 0.1) is 0 Å². The van der Waals surface area contributed by atoms with E-state index in [2.05, 4.69) is 35.6 Å². The van der Waals surface area contributed by atoms with Crippen molar-refractivity contribution in [3.8, 4) is 0 Å². The number of likely N-dealkylation sites (tertiary alicyclic amines) is 1. The molecule has 5 nitrogen and oxygen atoms in total. The highest BCUT2D eigenvalue weighted by molar-refractivity contribution is 5.74. The van der Waals surface area contributed by atoms with Gasteiger partial charge in [-0.2, -0.15) is 0 Å². The summed E-state index contributed by atoms with van der Waals surface area (Å²) >= 11 is 0. The largest absolute Gasteiger partial charge is 0.328 e. The van der Waals surface area contributed by atoms with E-state index in [1.165, 1.54) is 12.8 Å². The first-order valence-electron chi connectivity index (χ1n) is 8.49. The fourth-order valence-electron chi connectivity index (χ4n) is 3.88. The summed E-state index contributed by atoms with van der Waals surface area (Å²) in [5.41, 5.74) is 0. The molecular weight excluding hydrogens is 264 g/mol. The van der Waals surface area contributed by atoms with Gasteiger partial charge >= 0.3 is 6.03 Å². The van der Waals surface area contributed by atoms with E-state index in [0.29, 0.717) is 18.1 Å². The van der Waals surface area contributed by atoms with E-state index in [1.54, 1.807) is 0 Å². The number of rotatable bonds is 4. The molecule has 2 unspecified atom stereocenters. The Kier molecular flexibility index (Phi) is 5.49. The minimum absolute atomic E-state index is 0.185. The van der Waals surface area contributed by atoms with Gasteiger partial charge in [-0.05, 0) is 26.8 Å². The molecule has 2 amide bonds. The molecule has 0 aliphatic carbocycles. The van der Waals surface area contributed by atoms with Crippen molar-refractivity contribution in [3.05, 3.63) is 0 Å². The molecule has 2 saturated heterocycles. The summed E-state index contributed by atoms with van der Waals surface area (Å²) in [5, 5.41) is 0. The minimum atomic E-state index is 0.185. The predicted molar refractivity (Wildman–Crippen MR) is 86.6 cm³/mol. The second kappa shape index (κ2) is 6.97. The van der Waals surface area contributed by atoms with Gasteiger partial charge in [-0.1, -0.05) is 13.8 Å². The standard InChI is InChI=1S/C16H32N4O/c1-6-13(7-2)20-10-9-18(5)14-11-19(12-15(14)20)16(21)17(4)8-3/h13-15H,6-12H2,1-5H3. The van der Waals surface area contributed by atoms with Gasteiger partial charge in [-0.3, -0.25) is 9.80 Å². The van der Waals surface area contributed by atoms with E-state index >= 15 is 0 Å². The molecule has 21 heavy (non-hydrogen) atoms. The van der Waals surface area contributed by atoms with Gasteiger partial charge in [-0.15, -0.1) is 0 Å². The number of likely N-dealkylation sites (N-methyl/N-ethyl adjacent to an activating group) is 1. The first-order valence-corrected chi connectivity index (χ1v) is 8.49. The highest BCUT2D eigenvalue weighted by atomic mass is 16.2. The molecule has 2 heterocycles. The third kappa shape index (κ3) is 3.19. The molecular formula is C16H32N4O. The molecule has 2 atom stereocenters. The molecule has 0 spiro atoms. The van der Waals surface area contributed by atoms with Crippen molar-refractivity contribution in [1.29, 1.82) is 0 Å². The monoisotopic (exact) mass is 296 g/mol. The van der Waals surface area contributed by atoms with Crippen LogP contribution in [0.3, 0.4) is 0 Å². The van der Waals surface area contributed by atoms with Crippen molar-refractivity contribution in [2.75, 3.05) is 46.8 Å². The summed E-state index contributed by atoms with van der Waals surface area (Å²) < 4.78 is 0. The van der Waals surface area contributed by atoms with Gasteiger partial charge in [0, 0.05) is 57.9 Å². The number of hydrogen-bond acceptors (Lipinski definition) is 3. The Morgan fingerprint density at radius 3 is 2.33 bits per heavy atom. The molecule has 2 fully saturated rings. The van der Waals surface area contributed by atoms with Crippen LogP contribution in [0.15, 0.2) is 0 Å². The molecule has 0 N–H and O–H groups in total. The van der Waals surface area contributed by atoms with Crippen molar-refractivity contribution in [3.63, 3.8) is 0 Å². The molecule has 0 aromatic carbocycles. The minimum Gasteiger partial charge on any atom is -0.328 e. The van der Waals surface area contributed by atoms with Crippen LogP contribution in [-0.2, 0) is 0 Å². The molecule has 0 aromatic heterocycles. The summed E-state index contributed by atoms with van der Waals surface area (Å²) in [5.74, 6) is 0. The number of fused-ring (bicyclic) bond motifs is 1. The van der Waals surface area contributed by atoms with Gasteiger partial charge in [0.15, 0.2) is 0 Å². The first-order chi connectivity index (χ1) is 10.0. The zero-order chi connectivity index (χ0) is 15.6. The Morgan fingerprint density at radius 1 is 1.14 bits per heavy atom. The lowest BCUT2D eigenvalue weighted by atomic mass is 10.0. The van der Waals surface area contributed by atoms with Gasteiger partial charge < -0.3 is 9.80 Å². The summed E-state index contributed by atoms with van der Waals surface area (Å²) in [7, 11) is 4.10. The van der Waals surface area contributed by atoms with Crippen LogP contribution in [0.4, 0.5) is 4.79 Å². The van der Waals surface area contributed by atoms with Gasteiger partial charge in [0.05, 0.1) is 0 Å². The quantitative estimate of drug-likeness (QED) is 0.788. The van der Waals surface area contributed by atoms with E-state index < -0.39 is 0 Å². The van der Waals surface area contributed by atoms with Crippen LogP contribution >= 0.6 is 0 Å². The van der Waals surface area contributed by atoms with Gasteiger partial charge in [0.2, 0.25) is 0 Å². The highest BCUT2D eigenvalue weighted by Crippen LogP contribution is 2.28. The Bertz CT molecular complexity index is 358. The summed E-state index contributed by atoms with van der Waals surface area (Å²) in [4.78, 5) is 21.4. The maximum absolute atomic E-state index is 12.5. The first kappa shape index (κ1) is 16.6. The molecule has 0 radical (unpaired) electrons. The summed E-state index contributed by atoms with van der Waals surface area (Å²) in [6.07, 6.45) is 2.40. The lowest BCUT2D eigenvalue weighted by molar-refractivity contribution is 0.0279. The highest BCUT2D eigenvalue weighted by Gasteiger charge is 2.45. The van der Waals surface area contributed by atoms with Crippen LogP contribution < -0.4 is 0 Å². The van der Waals surface area contributed by atoms with E-state index in [0.717, 1.165) is 32.7 Å². The molecule has 2 aliphatic rings. The number of hydrogen-bond donors (Lipinski definition) is 0. The van der Waals surface area contributed by atoms with Gasteiger partial charge in [-0.25, -0.2) is 4.79 Å². The number of urea groups is 1. The number of carbonyl (C=O) groups excluding carboxylic acids is 1. The van der Waals surface area contributed by atoms with Crippen molar-refractivity contribution >= 4 is 6.03 Å². The molecule has 2 rings (SSSR count). The Labute approximate surface area is 129 Å². The fourth-order valence-corrected chi connectivity index (χ4v) is 3.88. The Morgan fingerprint density at radius 2 is 1.76 bits per heavy atom. The zero-order valence-electron chi connectivity index (χ0n) is 14.4. The van der Waals surface area contributed by atoms with E-state index in [-0.39, 0.29) is 6.03 Å². The molecule has 0 saturated carbocycles. The number of amides is 2. The fraction of sp³-hybridized carbons (Fsp3) is 0.938. The third-order valence-corrected chi connectivity index (χ3v) is 5.45. The average molecular weight is 296 g/mol. The van der Waals surface area contributed by atoms with Crippen LogP contribution in [0.2, 0.25) is 0 Å². The Balaban J connectivity index is 2.11. The van der Waals surface area contributed by atoms with Crippen molar-refractivity contribution in [2.45, 2.75) is 51.7 Å². The topological polar surface area (TPSA) is 30.0 Å². The zero-order valence-corrected chi connectivity index (χ0v) is 14.4. The number of nitrogens with zero attached hydrogens (tertiary/aromatic N) is 4. The third-order valence-electron chi connectivity index (χ3n) is 5.45. The van der Waals surface area contributed by atoms with Crippen LogP contribution in [0.25, 0.3) is 0 Å². The van der Waals surface area contributed by atoms with E-state index in [4.69, 9.17) is 0 Å².